The fourth-order valence-electron chi connectivity index (χ4n) is 1.06. The van der Waals surface area contributed by atoms with Gasteiger partial charge in [-0.05, 0) is 12.2 Å². The lowest BCUT2D eigenvalue weighted by molar-refractivity contribution is 0.627. The van der Waals surface area contributed by atoms with Crippen LogP contribution < -0.4 is 0 Å². The molecule has 0 rings (SSSR count). The van der Waals surface area contributed by atoms with Crippen LogP contribution in [-0.4, -0.2) is 5.75 Å². The van der Waals surface area contributed by atoms with Crippen LogP contribution in [0.1, 0.15) is 45.4 Å². The first-order valence-corrected chi connectivity index (χ1v) is 8.63. The second kappa shape index (κ2) is 10.6. The Labute approximate surface area is 91.5 Å². The van der Waals surface area contributed by atoms with Crippen LogP contribution in [0, 0.1) is 11.1 Å². The van der Waals surface area contributed by atoms with Gasteiger partial charge in [-0.25, -0.2) is 0 Å². The van der Waals surface area contributed by atoms with Crippen LogP contribution in [0.5, 0.6) is 0 Å². The standard InChI is InChI=1S/C9H17ClNPS/c1-2-3-4-5-6-7-8-13-12(10)9-11/h2-8H2,1H3. The molecule has 13 heavy (non-hydrogen) atoms. The van der Waals surface area contributed by atoms with E-state index in [0.29, 0.717) is 0 Å². The molecule has 0 saturated heterocycles. The van der Waals surface area contributed by atoms with E-state index in [0.717, 1.165) is 5.75 Å². The van der Waals surface area contributed by atoms with Gasteiger partial charge in [-0.3, -0.25) is 0 Å². The van der Waals surface area contributed by atoms with Crippen molar-refractivity contribution in [1.29, 1.82) is 5.26 Å². The molecule has 0 aromatic heterocycles. The summed E-state index contributed by atoms with van der Waals surface area (Å²) in [6.45, 7) is 1.31. The molecule has 0 aromatic rings. The van der Waals surface area contributed by atoms with E-state index in [1.54, 1.807) is 11.4 Å². The third-order valence-corrected chi connectivity index (χ3v) is 5.21. The molecule has 0 bridgehead atoms. The Balaban J connectivity index is 2.96. The lowest BCUT2D eigenvalue weighted by Crippen LogP contribution is -1.80. The fraction of sp³-hybridized carbons (Fsp3) is 0.889. The van der Waals surface area contributed by atoms with Gasteiger partial charge in [0, 0.05) is 0 Å². The summed E-state index contributed by atoms with van der Waals surface area (Å²) in [6.07, 6.45) is 7.85. The van der Waals surface area contributed by atoms with E-state index in [2.05, 4.69) is 12.7 Å². The quantitative estimate of drug-likeness (QED) is 0.433. The molecule has 4 heteroatoms. The molecular formula is C9H17ClNPS. The Morgan fingerprint density at radius 3 is 2.46 bits per heavy atom. The van der Waals surface area contributed by atoms with Gasteiger partial charge >= 0.3 is 0 Å². The van der Waals surface area contributed by atoms with Gasteiger partial charge in [0.15, 0.2) is 6.48 Å². The molecule has 0 radical (unpaired) electrons. The van der Waals surface area contributed by atoms with Crippen molar-refractivity contribution in [2.45, 2.75) is 45.4 Å². The molecule has 0 amide bonds. The fourth-order valence-corrected chi connectivity index (χ4v) is 3.27. The predicted molar refractivity (Wildman–Crippen MR) is 64.2 cm³/mol. The Hall–Kier alpha value is 0.560. The zero-order valence-electron chi connectivity index (χ0n) is 8.13. The molecule has 0 aromatic carbocycles. The van der Waals surface area contributed by atoms with E-state index in [1.807, 2.05) is 0 Å². The van der Waals surface area contributed by atoms with E-state index in [1.165, 1.54) is 38.5 Å². The average molecular weight is 238 g/mol. The highest BCUT2D eigenvalue weighted by Gasteiger charge is 2.01. The summed E-state index contributed by atoms with van der Waals surface area (Å²) in [7, 11) is 0. The summed E-state index contributed by atoms with van der Waals surface area (Å²) in [4.78, 5) is 0. The first-order chi connectivity index (χ1) is 6.31. The molecule has 0 N–H and O–H groups in total. The normalized spacial score (nSPS) is 12.4. The summed E-state index contributed by atoms with van der Waals surface area (Å²) in [6, 6.07) is 0. The number of nitrogens with zero attached hydrogens (tertiary/aromatic N) is 1. The van der Waals surface area contributed by atoms with Gasteiger partial charge in [0.1, 0.15) is 5.81 Å². The minimum absolute atomic E-state index is 0.911. The van der Waals surface area contributed by atoms with Gasteiger partial charge in [-0.1, -0.05) is 50.3 Å². The van der Waals surface area contributed by atoms with Gasteiger partial charge < -0.3 is 0 Å². The monoisotopic (exact) mass is 237 g/mol. The summed E-state index contributed by atoms with van der Waals surface area (Å²) in [5.41, 5.74) is 0. The topological polar surface area (TPSA) is 23.8 Å². The van der Waals surface area contributed by atoms with E-state index >= 15 is 0 Å². The van der Waals surface area contributed by atoms with Crippen LogP contribution in [0.4, 0.5) is 0 Å². The van der Waals surface area contributed by atoms with Crippen LogP contribution in [0.25, 0.3) is 0 Å². The highest BCUT2D eigenvalue weighted by molar-refractivity contribution is 8.64. The summed E-state index contributed by atoms with van der Waals surface area (Å²) in [5.74, 6) is 3.12. The van der Waals surface area contributed by atoms with E-state index in [4.69, 9.17) is 16.5 Å². The maximum absolute atomic E-state index is 8.43. The number of hydrogen-bond acceptors (Lipinski definition) is 2. The van der Waals surface area contributed by atoms with Crippen LogP contribution in [0.2, 0.25) is 0 Å². The molecule has 0 spiro atoms. The van der Waals surface area contributed by atoms with Gasteiger partial charge in [0.2, 0.25) is 0 Å². The molecule has 0 saturated carbocycles. The van der Waals surface area contributed by atoms with Crippen molar-refractivity contribution >= 4 is 29.1 Å². The molecule has 1 atom stereocenters. The number of rotatable bonds is 8. The number of hydrogen-bond donors (Lipinski definition) is 0. The van der Waals surface area contributed by atoms with Crippen molar-refractivity contribution in [3.05, 3.63) is 0 Å². The largest absolute Gasteiger partial charge is 0.191 e. The molecular weight excluding hydrogens is 221 g/mol. The lowest BCUT2D eigenvalue weighted by Gasteiger charge is -2.00. The van der Waals surface area contributed by atoms with Crippen LogP contribution in [-0.2, 0) is 0 Å². The average Bonchev–Trinajstić information content (AvgIpc) is 2.16. The summed E-state index contributed by atoms with van der Waals surface area (Å²) in [5, 5.41) is 8.43. The maximum Gasteiger partial charge on any atom is 0.157 e. The van der Waals surface area contributed by atoms with Gasteiger partial charge in [-0.15, -0.1) is 11.4 Å². The Bertz CT molecular complexity index is 149. The highest BCUT2D eigenvalue weighted by atomic mass is 35.7. The Morgan fingerprint density at radius 2 is 1.85 bits per heavy atom. The second-order valence-electron chi connectivity index (χ2n) is 2.95. The molecule has 1 unspecified atom stereocenters. The van der Waals surface area contributed by atoms with Crippen molar-refractivity contribution < 1.29 is 0 Å². The predicted octanol–water partition coefficient (Wildman–Crippen LogP) is 5.11. The third-order valence-electron chi connectivity index (χ3n) is 1.78. The zero-order chi connectivity index (χ0) is 9.94. The van der Waals surface area contributed by atoms with Crippen molar-refractivity contribution in [2.24, 2.45) is 0 Å². The molecule has 0 aliphatic heterocycles. The molecule has 76 valence electrons. The lowest BCUT2D eigenvalue weighted by atomic mass is 10.1. The molecule has 1 nitrogen and oxygen atoms in total. The minimum Gasteiger partial charge on any atom is -0.191 e. The first kappa shape index (κ1) is 13.6. The summed E-state index contributed by atoms with van der Waals surface area (Å²) < 4.78 is 0. The highest BCUT2D eigenvalue weighted by Crippen LogP contribution is 2.53. The maximum atomic E-state index is 8.43. The van der Waals surface area contributed by atoms with Crippen LogP contribution in [0.15, 0.2) is 0 Å². The minimum atomic E-state index is -0.911. The van der Waals surface area contributed by atoms with Crippen molar-refractivity contribution in [1.82, 2.24) is 0 Å². The molecule has 0 aliphatic rings. The SMILES string of the molecule is CCCCCCCCSP(Cl)C#N. The smallest absolute Gasteiger partial charge is 0.157 e. The van der Waals surface area contributed by atoms with E-state index in [-0.39, 0.29) is 0 Å². The zero-order valence-corrected chi connectivity index (χ0v) is 10.6. The first-order valence-electron chi connectivity index (χ1n) is 4.79. The molecule has 0 fully saturated rings. The number of halogens is 1. The van der Waals surface area contributed by atoms with E-state index in [9.17, 15) is 0 Å². The molecule has 0 aliphatic carbocycles. The van der Waals surface area contributed by atoms with Gasteiger partial charge in [0.25, 0.3) is 0 Å². The van der Waals surface area contributed by atoms with Crippen LogP contribution in [0.3, 0.4) is 0 Å². The number of unbranched alkanes of at least 4 members (excludes halogenated alkanes) is 5. The Kier molecular flexibility index (Phi) is 11.1. The van der Waals surface area contributed by atoms with Gasteiger partial charge in [0.05, 0.1) is 0 Å². The van der Waals surface area contributed by atoms with Crippen LogP contribution >= 0.6 is 29.1 Å². The summed E-state index contributed by atoms with van der Waals surface area (Å²) >= 11 is 7.30. The number of nitriles is 1. The van der Waals surface area contributed by atoms with Crippen molar-refractivity contribution in [3.63, 3.8) is 0 Å². The second-order valence-corrected chi connectivity index (χ2v) is 7.79. The van der Waals surface area contributed by atoms with Crippen molar-refractivity contribution in [2.75, 3.05) is 5.75 Å². The third kappa shape index (κ3) is 10.5. The Morgan fingerprint density at radius 1 is 1.23 bits per heavy atom. The van der Waals surface area contributed by atoms with Gasteiger partial charge in [-0.2, -0.15) is 5.26 Å². The van der Waals surface area contributed by atoms with E-state index < -0.39 is 6.48 Å². The van der Waals surface area contributed by atoms with Crippen molar-refractivity contribution in [3.8, 4) is 5.81 Å². The molecule has 0 heterocycles.